The van der Waals surface area contributed by atoms with Gasteiger partial charge in [0, 0.05) is 12.4 Å². The van der Waals surface area contributed by atoms with E-state index >= 15 is 0 Å². The van der Waals surface area contributed by atoms with Gasteiger partial charge in [-0.3, -0.25) is 0 Å². The van der Waals surface area contributed by atoms with Crippen molar-refractivity contribution >= 4 is 6.20 Å². The van der Waals surface area contributed by atoms with E-state index in [1.807, 2.05) is 24.4 Å². The fourth-order valence-corrected chi connectivity index (χ4v) is 0.711. The van der Waals surface area contributed by atoms with E-state index in [0.717, 1.165) is 0 Å². The molecule has 0 bridgehead atoms. The van der Waals surface area contributed by atoms with Gasteiger partial charge in [-0.05, 0) is 12.1 Å². The summed E-state index contributed by atoms with van der Waals surface area (Å²) in [5.74, 6) is 5.08. The van der Waals surface area contributed by atoms with Crippen molar-refractivity contribution in [3.8, 4) is 0 Å². The van der Waals surface area contributed by atoms with Crippen LogP contribution in [0.1, 0.15) is 0 Å². The van der Waals surface area contributed by atoms with E-state index < -0.39 is 0 Å². The fourth-order valence-electron chi connectivity index (χ4n) is 0.711. The lowest BCUT2D eigenvalue weighted by Crippen LogP contribution is -2.16. The summed E-state index contributed by atoms with van der Waals surface area (Å²) in [6.07, 6.45) is 3.48. The van der Waals surface area contributed by atoms with Crippen molar-refractivity contribution in [2.24, 2.45) is 10.9 Å². The Kier molecular flexibility index (Phi) is 1.89. The Bertz CT molecular complexity index is 285. The third-order valence-electron chi connectivity index (χ3n) is 1.20. The maximum Gasteiger partial charge on any atom is 0.156 e. The summed E-state index contributed by atoms with van der Waals surface area (Å²) in [7, 11) is 0. The molecule has 1 aromatic heterocycles. The fraction of sp³-hybridized carbons (Fsp3) is 0. The standard InChI is InChI=1S/C7H9N3/c1-2-10-6-4-3-5-7(10)9-8/h2-6H,1,8H2/b9-7-. The molecule has 0 aliphatic carbocycles. The highest BCUT2D eigenvalue weighted by molar-refractivity contribution is 5.16. The van der Waals surface area contributed by atoms with E-state index in [0.29, 0.717) is 5.49 Å². The van der Waals surface area contributed by atoms with Crippen LogP contribution >= 0.6 is 0 Å². The van der Waals surface area contributed by atoms with E-state index in [-0.39, 0.29) is 0 Å². The number of pyridine rings is 1. The number of nitrogens with two attached hydrogens (primary N) is 1. The average molecular weight is 135 g/mol. The number of hydrogen-bond acceptors (Lipinski definition) is 2. The van der Waals surface area contributed by atoms with Crippen LogP contribution in [0.4, 0.5) is 0 Å². The van der Waals surface area contributed by atoms with Gasteiger partial charge in [0.05, 0.1) is 0 Å². The third-order valence-corrected chi connectivity index (χ3v) is 1.20. The number of nitrogens with zero attached hydrogens (tertiary/aromatic N) is 2. The van der Waals surface area contributed by atoms with Crippen molar-refractivity contribution in [1.29, 1.82) is 0 Å². The molecule has 0 aromatic carbocycles. The molecule has 10 heavy (non-hydrogen) atoms. The molecule has 0 aliphatic heterocycles. The molecular weight excluding hydrogens is 126 g/mol. The van der Waals surface area contributed by atoms with Crippen LogP contribution in [0.25, 0.3) is 6.20 Å². The van der Waals surface area contributed by atoms with Gasteiger partial charge in [0.25, 0.3) is 0 Å². The second-order valence-electron chi connectivity index (χ2n) is 1.78. The monoisotopic (exact) mass is 135 g/mol. The lowest BCUT2D eigenvalue weighted by molar-refractivity contribution is 0.958. The van der Waals surface area contributed by atoms with Gasteiger partial charge in [0.15, 0.2) is 5.49 Å². The molecule has 0 saturated heterocycles. The molecule has 0 spiro atoms. The van der Waals surface area contributed by atoms with E-state index in [1.54, 1.807) is 10.8 Å². The number of hydrogen-bond donors (Lipinski definition) is 1. The summed E-state index contributed by atoms with van der Waals surface area (Å²) < 4.78 is 1.74. The van der Waals surface area contributed by atoms with Crippen LogP contribution < -0.4 is 11.3 Å². The second kappa shape index (κ2) is 2.87. The minimum Gasteiger partial charge on any atom is -0.321 e. The maximum atomic E-state index is 5.08. The highest BCUT2D eigenvalue weighted by Gasteiger charge is 1.81. The smallest absolute Gasteiger partial charge is 0.156 e. The molecule has 1 rings (SSSR count). The predicted molar refractivity (Wildman–Crippen MR) is 40.6 cm³/mol. The summed E-state index contributed by atoms with van der Waals surface area (Å²) in [5.41, 5.74) is 0.692. The van der Waals surface area contributed by atoms with Crippen molar-refractivity contribution in [2.45, 2.75) is 0 Å². The zero-order chi connectivity index (χ0) is 7.40. The van der Waals surface area contributed by atoms with Crippen molar-refractivity contribution in [3.05, 3.63) is 36.5 Å². The first-order valence-corrected chi connectivity index (χ1v) is 2.92. The summed E-state index contributed by atoms with van der Waals surface area (Å²) in [6, 6.07) is 5.56. The molecule has 52 valence electrons. The molecule has 0 radical (unpaired) electrons. The van der Waals surface area contributed by atoms with Gasteiger partial charge in [0.2, 0.25) is 0 Å². The van der Waals surface area contributed by atoms with Crippen LogP contribution in [-0.4, -0.2) is 4.57 Å². The van der Waals surface area contributed by atoms with Crippen LogP contribution in [0.15, 0.2) is 36.1 Å². The predicted octanol–water partition coefficient (Wildman–Crippen LogP) is 0.363. The summed E-state index contributed by atoms with van der Waals surface area (Å²) in [6.45, 7) is 3.59. The Hall–Kier alpha value is -1.51. The minimum atomic E-state index is 0.692. The zero-order valence-electron chi connectivity index (χ0n) is 5.57. The van der Waals surface area contributed by atoms with Crippen LogP contribution in [-0.2, 0) is 0 Å². The second-order valence-corrected chi connectivity index (χ2v) is 1.78. The molecule has 1 heterocycles. The van der Waals surface area contributed by atoms with Crippen molar-refractivity contribution in [1.82, 2.24) is 4.57 Å². The molecule has 0 fully saturated rings. The molecular formula is C7H9N3. The number of rotatable bonds is 1. The Balaban J connectivity index is 3.36. The Morgan fingerprint density at radius 2 is 2.40 bits per heavy atom. The van der Waals surface area contributed by atoms with E-state index in [9.17, 15) is 0 Å². The Labute approximate surface area is 59.1 Å². The first kappa shape index (κ1) is 6.61. The van der Waals surface area contributed by atoms with Crippen LogP contribution in [0, 0.1) is 0 Å². The first-order chi connectivity index (χ1) is 4.88. The van der Waals surface area contributed by atoms with Gasteiger partial charge < -0.3 is 10.4 Å². The molecule has 0 atom stereocenters. The quantitative estimate of drug-likeness (QED) is 0.438. The topological polar surface area (TPSA) is 43.3 Å². The Morgan fingerprint density at radius 1 is 1.60 bits per heavy atom. The van der Waals surface area contributed by atoms with Gasteiger partial charge in [0.1, 0.15) is 0 Å². The highest BCUT2D eigenvalue weighted by atomic mass is 15.2. The molecule has 0 aliphatic rings. The molecule has 2 N–H and O–H groups in total. The molecule has 3 heteroatoms. The first-order valence-electron chi connectivity index (χ1n) is 2.92. The third kappa shape index (κ3) is 1.07. The van der Waals surface area contributed by atoms with Gasteiger partial charge >= 0.3 is 0 Å². The maximum absolute atomic E-state index is 5.08. The number of aromatic nitrogens is 1. The van der Waals surface area contributed by atoms with Crippen LogP contribution in [0.2, 0.25) is 0 Å². The van der Waals surface area contributed by atoms with E-state index in [2.05, 4.69) is 11.7 Å². The largest absolute Gasteiger partial charge is 0.321 e. The summed E-state index contributed by atoms with van der Waals surface area (Å²) in [5, 5.41) is 3.53. The van der Waals surface area contributed by atoms with Crippen LogP contribution in [0.5, 0.6) is 0 Å². The minimum absolute atomic E-state index is 0.692. The normalized spacial score (nSPS) is 11.4. The summed E-state index contributed by atoms with van der Waals surface area (Å²) in [4.78, 5) is 0. The lowest BCUT2D eigenvalue weighted by atomic mass is 10.5. The average Bonchev–Trinajstić information content (AvgIpc) is 2.04. The zero-order valence-corrected chi connectivity index (χ0v) is 5.57. The molecule has 0 saturated carbocycles. The summed E-state index contributed by atoms with van der Waals surface area (Å²) >= 11 is 0. The lowest BCUT2D eigenvalue weighted by Gasteiger charge is -1.95. The highest BCUT2D eigenvalue weighted by Crippen LogP contribution is 1.79. The molecule has 0 unspecified atom stereocenters. The van der Waals surface area contributed by atoms with Crippen molar-refractivity contribution < 1.29 is 0 Å². The van der Waals surface area contributed by atoms with Crippen molar-refractivity contribution in [3.63, 3.8) is 0 Å². The van der Waals surface area contributed by atoms with Gasteiger partial charge in [-0.25, -0.2) is 0 Å². The Morgan fingerprint density at radius 3 is 2.90 bits per heavy atom. The van der Waals surface area contributed by atoms with Gasteiger partial charge in [-0.1, -0.05) is 12.6 Å². The molecule has 3 nitrogen and oxygen atoms in total. The van der Waals surface area contributed by atoms with E-state index in [1.165, 1.54) is 0 Å². The SMILES string of the molecule is C=Cn1cccc/c1=N/N. The molecule has 1 aromatic rings. The van der Waals surface area contributed by atoms with E-state index in [4.69, 9.17) is 5.84 Å². The van der Waals surface area contributed by atoms with Gasteiger partial charge in [-0.2, -0.15) is 5.10 Å². The molecule has 0 amide bonds. The van der Waals surface area contributed by atoms with Crippen molar-refractivity contribution in [2.75, 3.05) is 0 Å². The van der Waals surface area contributed by atoms with Crippen LogP contribution in [0.3, 0.4) is 0 Å². The van der Waals surface area contributed by atoms with Gasteiger partial charge in [-0.15, -0.1) is 0 Å².